The molecule has 0 bridgehead atoms. The minimum Gasteiger partial charge on any atom is -0.357 e. The molecule has 0 aliphatic heterocycles. The third-order valence-electron chi connectivity index (χ3n) is 3.14. The van der Waals surface area contributed by atoms with E-state index in [0.29, 0.717) is 29.2 Å². The van der Waals surface area contributed by atoms with Crippen molar-refractivity contribution in [1.82, 2.24) is 14.9 Å². The SMILES string of the molecule is CNC(=O)C(C)n1c(CCCl)nc2cc(F)c(Cl)cc21. The number of fused-ring (bicyclic) bond motifs is 1. The van der Waals surface area contributed by atoms with E-state index in [1.165, 1.54) is 12.1 Å². The van der Waals surface area contributed by atoms with Crippen LogP contribution in [0.4, 0.5) is 4.39 Å². The molecule has 20 heavy (non-hydrogen) atoms. The molecule has 0 saturated carbocycles. The van der Waals surface area contributed by atoms with Crippen LogP contribution >= 0.6 is 23.2 Å². The predicted molar refractivity (Wildman–Crippen MR) is 77.9 cm³/mol. The van der Waals surface area contributed by atoms with Gasteiger partial charge in [-0.15, -0.1) is 11.6 Å². The number of carbonyl (C=O) groups excluding carboxylic acids is 1. The number of halogens is 3. The van der Waals surface area contributed by atoms with Crippen molar-refractivity contribution in [2.45, 2.75) is 19.4 Å². The lowest BCUT2D eigenvalue weighted by Crippen LogP contribution is -2.28. The maximum Gasteiger partial charge on any atom is 0.242 e. The first-order valence-electron chi connectivity index (χ1n) is 6.13. The molecule has 0 radical (unpaired) electrons. The summed E-state index contributed by atoms with van der Waals surface area (Å²) < 4.78 is 15.3. The Hall–Kier alpha value is -1.33. The second-order valence-corrected chi connectivity index (χ2v) is 5.17. The average molecular weight is 318 g/mol. The van der Waals surface area contributed by atoms with Crippen molar-refractivity contribution < 1.29 is 9.18 Å². The van der Waals surface area contributed by atoms with Gasteiger partial charge < -0.3 is 9.88 Å². The number of alkyl halides is 1. The standard InChI is InChI=1S/C13H14Cl2FN3O/c1-7(13(20)17-2)19-11-5-8(15)9(16)6-10(11)18-12(19)3-4-14/h5-7H,3-4H2,1-2H3,(H,17,20). The summed E-state index contributed by atoms with van der Waals surface area (Å²) in [7, 11) is 1.56. The van der Waals surface area contributed by atoms with E-state index in [2.05, 4.69) is 10.3 Å². The summed E-state index contributed by atoms with van der Waals surface area (Å²) in [5.41, 5.74) is 1.08. The van der Waals surface area contributed by atoms with E-state index in [9.17, 15) is 9.18 Å². The van der Waals surface area contributed by atoms with Crippen molar-refractivity contribution >= 4 is 40.1 Å². The van der Waals surface area contributed by atoms with Crippen LogP contribution < -0.4 is 5.32 Å². The van der Waals surface area contributed by atoms with Crippen LogP contribution in [0, 0.1) is 5.82 Å². The number of likely N-dealkylation sites (N-methyl/N-ethyl adjacent to an activating group) is 1. The second-order valence-electron chi connectivity index (χ2n) is 4.38. The van der Waals surface area contributed by atoms with Gasteiger partial charge in [-0.25, -0.2) is 9.37 Å². The Morgan fingerprint density at radius 3 is 2.85 bits per heavy atom. The van der Waals surface area contributed by atoms with Gasteiger partial charge in [-0.3, -0.25) is 4.79 Å². The Morgan fingerprint density at radius 1 is 1.55 bits per heavy atom. The van der Waals surface area contributed by atoms with Gasteiger partial charge in [-0.1, -0.05) is 11.6 Å². The van der Waals surface area contributed by atoms with E-state index in [1.807, 2.05) is 0 Å². The highest BCUT2D eigenvalue weighted by atomic mass is 35.5. The van der Waals surface area contributed by atoms with Gasteiger partial charge in [0.1, 0.15) is 17.7 Å². The number of hydrogen-bond donors (Lipinski definition) is 1. The second kappa shape index (κ2) is 5.97. The number of carbonyl (C=O) groups is 1. The number of benzene rings is 1. The van der Waals surface area contributed by atoms with Crippen LogP contribution in [-0.2, 0) is 11.2 Å². The molecule has 1 N–H and O–H groups in total. The maximum atomic E-state index is 13.5. The van der Waals surface area contributed by atoms with Crippen molar-refractivity contribution in [3.05, 3.63) is 28.8 Å². The van der Waals surface area contributed by atoms with Crippen molar-refractivity contribution in [3.63, 3.8) is 0 Å². The first-order valence-corrected chi connectivity index (χ1v) is 7.04. The molecular formula is C13H14Cl2FN3O. The van der Waals surface area contributed by atoms with E-state index in [0.717, 1.165) is 0 Å². The predicted octanol–water partition coefficient (Wildman–Crippen LogP) is 2.92. The molecule has 1 aromatic carbocycles. The van der Waals surface area contributed by atoms with Gasteiger partial charge in [0.15, 0.2) is 0 Å². The summed E-state index contributed by atoms with van der Waals surface area (Å²) >= 11 is 11.6. The monoisotopic (exact) mass is 317 g/mol. The molecule has 2 aromatic rings. The molecular weight excluding hydrogens is 304 g/mol. The average Bonchev–Trinajstić information content (AvgIpc) is 2.75. The summed E-state index contributed by atoms with van der Waals surface area (Å²) in [6.07, 6.45) is 0.483. The molecule has 0 saturated heterocycles. The fourth-order valence-corrected chi connectivity index (χ4v) is 2.49. The zero-order valence-corrected chi connectivity index (χ0v) is 12.6. The van der Waals surface area contributed by atoms with Crippen LogP contribution in [0.25, 0.3) is 11.0 Å². The van der Waals surface area contributed by atoms with Gasteiger partial charge in [0.2, 0.25) is 5.91 Å². The van der Waals surface area contributed by atoms with Crippen LogP contribution in [0.5, 0.6) is 0 Å². The smallest absolute Gasteiger partial charge is 0.242 e. The molecule has 0 aliphatic rings. The lowest BCUT2D eigenvalue weighted by molar-refractivity contribution is -0.123. The van der Waals surface area contributed by atoms with Crippen LogP contribution in [0.15, 0.2) is 12.1 Å². The number of nitrogens with zero attached hydrogens (tertiary/aromatic N) is 2. The molecule has 1 unspecified atom stereocenters. The van der Waals surface area contributed by atoms with E-state index < -0.39 is 11.9 Å². The summed E-state index contributed by atoms with van der Waals surface area (Å²) in [6, 6.07) is 2.27. The molecule has 0 spiro atoms. The fraction of sp³-hybridized carbons (Fsp3) is 0.385. The van der Waals surface area contributed by atoms with Gasteiger partial charge in [0, 0.05) is 25.4 Å². The zero-order chi connectivity index (χ0) is 14.9. The number of amides is 1. The molecule has 1 amide bonds. The quantitative estimate of drug-likeness (QED) is 0.881. The highest BCUT2D eigenvalue weighted by Crippen LogP contribution is 2.27. The number of aryl methyl sites for hydroxylation is 1. The molecule has 108 valence electrons. The van der Waals surface area contributed by atoms with Gasteiger partial charge in [0.25, 0.3) is 0 Å². The molecule has 1 aromatic heterocycles. The van der Waals surface area contributed by atoms with Crippen LogP contribution in [0.2, 0.25) is 5.02 Å². The molecule has 7 heteroatoms. The Bertz CT molecular complexity index is 657. The molecule has 0 fully saturated rings. The Labute approximate surface area is 125 Å². The summed E-state index contributed by atoms with van der Waals surface area (Å²) in [5.74, 6) is 0.294. The van der Waals surface area contributed by atoms with E-state index in [1.54, 1.807) is 18.5 Å². The lowest BCUT2D eigenvalue weighted by Gasteiger charge is -2.16. The minimum absolute atomic E-state index is 0.000167. The van der Waals surface area contributed by atoms with Crippen LogP contribution in [0.1, 0.15) is 18.8 Å². The fourth-order valence-electron chi connectivity index (χ4n) is 2.16. The van der Waals surface area contributed by atoms with Gasteiger partial charge >= 0.3 is 0 Å². The number of nitrogens with one attached hydrogen (secondary N) is 1. The molecule has 1 heterocycles. The number of rotatable bonds is 4. The first-order chi connectivity index (χ1) is 9.49. The largest absolute Gasteiger partial charge is 0.357 e. The van der Waals surface area contributed by atoms with Gasteiger partial charge in [-0.05, 0) is 13.0 Å². The topological polar surface area (TPSA) is 46.9 Å². The number of hydrogen-bond acceptors (Lipinski definition) is 2. The first kappa shape index (κ1) is 15.1. The van der Waals surface area contributed by atoms with E-state index in [4.69, 9.17) is 23.2 Å². The van der Waals surface area contributed by atoms with E-state index >= 15 is 0 Å². The highest BCUT2D eigenvalue weighted by molar-refractivity contribution is 6.31. The third-order valence-corrected chi connectivity index (χ3v) is 3.61. The van der Waals surface area contributed by atoms with Crippen molar-refractivity contribution in [2.75, 3.05) is 12.9 Å². The summed E-state index contributed by atoms with van der Waals surface area (Å²) in [4.78, 5) is 16.2. The maximum absolute atomic E-state index is 13.5. The molecule has 4 nitrogen and oxygen atoms in total. The summed E-state index contributed by atoms with van der Waals surface area (Å²) in [6.45, 7) is 1.74. The molecule has 1 atom stereocenters. The Balaban J connectivity index is 2.67. The minimum atomic E-state index is -0.533. The van der Waals surface area contributed by atoms with Crippen molar-refractivity contribution in [1.29, 1.82) is 0 Å². The van der Waals surface area contributed by atoms with Crippen molar-refractivity contribution in [3.8, 4) is 0 Å². The molecule has 0 aliphatic carbocycles. The number of imidazole rings is 1. The van der Waals surface area contributed by atoms with Gasteiger partial charge in [-0.2, -0.15) is 0 Å². The number of aromatic nitrogens is 2. The van der Waals surface area contributed by atoms with Gasteiger partial charge in [0.05, 0.1) is 16.1 Å². The highest BCUT2D eigenvalue weighted by Gasteiger charge is 2.21. The molecule has 2 rings (SSSR count). The zero-order valence-electron chi connectivity index (χ0n) is 11.1. The normalized spacial score (nSPS) is 12.7. The van der Waals surface area contributed by atoms with Crippen molar-refractivity contribution in [2.24, 2.45) is 0 Å². The Morgan fingerprint density at radius 2 is 2.25 bits per heavy atom. The third kappa shape index (κ3) is 2.60. The van der Waals surface area contributed by atoms with Crippen LogP contribution in [-0.4, -0.2) is 28.4 Å². The van der Waals surface area contributed by atoms with Crippen LogP contribution in [0.3, 0.4) is 0 Å². The van der Waals surface area contributed by atoms with E-state index in [-0.39, 0.29) is 10.9 Å². The summed E-state index contributed by atoms with van der Waals surface area (Å²) in [5, 5.41) is 2.59. The lowest BCUT2D eigenvalue weighted by atomic mass is 10.2. The Kier molecular flexibility index (Phi) is 4.50.